The van der Waals surface area contributed by atoms with Gasteiger partial charge in [0.1, 0.15) is 4.34 Å². The van der Waals surface area contributed by atoms with E-state index < -0.39 is 0 Å². The van der Waals surface area contributed by atoms with Gasteiger partial charge in [0.2, 0.25) is 0 Å². The second-order valence-corrected chi connectivity index (χ2v) is 8.91. The first kappa shape index (κ1) is 15.8. The Labute approximate surface area is 133 Å². The molecule has 2 atom stereocenters. The number of rotatable bonds is 3. The lowest BCUT2D eigenvalue weighted by atomic mass is 9.80. The SMILES string of the molecule is CC(C)(C)C1CCN(C(CN)c2cc(Br)c(Cl)s2)C1. The lowest BCUT2D eigenvalue weighted by Gasteiger charge is -2.30. The third kappa shape index (κ3) is 3.53. The van der Waals surface area contributed by atoms with Gasteiger partial charge in [-0.1, -0.05) is 32.4 Å². The van der Waals surface area contributed by atoms with Gasteiger partial charge < -0.3 is 5.73 Å². The van der Waals surface area contributed by atoms with Crippen molar-refractivity contribution in [3.63, 3.8) is 0 Å². The second-order valence-electron chi connectivity index (χ2n) is 6.37. The van der Waals surface area contributed by atoms with Gasteiger partial charge in [-0.05, 0) is 46.3 Å². The fourth-order valence-electron chi connectivity index (χ4n) is 2.75. The summed E-state index contributed by atoms with van der Waals surface area (Å²) in [4.78, 5) is 3.79. The Morgan fingerprint density at radius 3 is 2.68 bits per heavy atom. The fourth-order valence-corrected chi connectivity index (χ4v) is 4.63. The Balaban J connectivity index is 2.12. The van der Waals surface area contributed by atoms with Crippen LogP contribution in [0.4, 0.5) is 0 Å². The van der Waals surface area contributed by atoms with E-state index in [0.29, 0.717) is 18.0 Å². The number of likely N-dealkylation sites (tertiary alicyclic amines) is 1. The molecule has 2 unspecified atom stereocenters. The highest BCUT2D eigenvalue weighted by atomic mass is 79.9. The van der Waals surface area contributed by atoms with Crippen molar-refractivity contribution in [1.29, 1.82) is 0 Å². The minimum absolute atomic E-state index is 0.307. The molecule has 2 N–H and O–H groups in total. The first-order valence-corrected chi connectivity index (χ1v) is 8.70. The number of hydrogen-bond acceptors (Lipinski definition) is 3. The van der Waals surface area contributed by atoms with Crippen molar-refractivity contribution >= 4 is 38.9 Å². The molecule has 0 bridgehead atoms. The van der Waals surface area contributed by atoms with Gasteiger partial charge in [-0.3, -0.25) is 4.90 Å². The number of nitrogens with two attached hydrogens (primary N) is 1. The van der Waals surface area contributed by atoms with Crippen LogP contribution in [0.25, 0.3) is 0 Å². The summed E-state index contributed by atoms with van der Waals surface area (Å²) in [5.74, 6) is 0.750. The number of halogens is 2. The molecule has 0 amide bonds. The van der Waals surface area contributed by atoms with Crippen LogP contribution in [0.2, 0.25) is 4.34 Å². The molecule has 5 heteroatoms. The fraction of sp³-hybridized carbons (Fsp3) is 0.714. The van der Waals surface area contributed by atoms with E-state index in [1.54, 1.807) is 11.3 Å². The van der Waals surface area contributed by atoms with Crippen LogP contribution >= 0.6 is 38.9 Å². The zero-order valence-electron chi connectivity index (χ0n) is 11.7. The van der Waals surface area contributed by atoms with Crippen LogP contribution < -0.4 is 5.73 Å². The van der Waals surface area contributed by atoms with Crippen molar-refractivity contribution in [2.75, 3.05) is 19.6 Å². The topological polar surface area (TPSA) is 29.3 Å². The van der Waals surface area contributed by atoms with Crippen LogP contribution in [0, 0.1) is 11.3 Å². The van der Waals surface area contributed by atoms with Gasteiger partial charge >= 0.3 is 0 Å². The highest BCUT2D eigenvalue weighted by Gasteiger charge is 2.35. The Morgan fingerprint density at radius 1 is 1.58 bits per heavy atom. The highest BCUT2D eigenvalue weighted by molar-refractivity contribution is 9.10. The molecule has 0 saturated carbocycles. The van der Waals surface area contributed by atoms with Crippen molar-refractivity contribution in [2.45, 2.75) is 33.2 Å². The maximum absolute atomic E-state index is 6.15. The minimum atomic E-state index is 0.307. The number of nitrogens with zero attached hydrogens (tertiary/aromatic N) is 1. The normalized spacial score (nSPS) is 22.9. The monoisotopic (exact) mass is 364 g/mol. The lowest BCUT2D eigenvalue weighted by Crippen LogP contribution is -2.33. The molecule has 1 aromatic heterocycles. The summed E-state index contributed by atoms with van der Waals surface area (Å²) in [7, 11) is 0. The summed E-state index contributed by atoms with van der Waals surface area (Å²) in [5.41, 5.74) is 6.38. The van der Waals surface area contributed by atoms with Crippen molar-refractivity contribution < 1.29 is 0 Å². The summed E-state index contributed by atoms with van der Waals surface area (Å²) in [6, 6.07) is 2.43. The second kappa shape index (κ2) is 6.02. The Hall–Kier alpha value is 0.390. The average Bonchev–Trinajstić information content (AvgIpc) is 2.88. The van der Waals surface area contributed by atoms with E-state index in [2.05, 4.69) is 47.7 Å². The third-order valence-corrected chi connectivity index (χ3v) is 6.68. The van der Waals surface area contributed by atoms with E-state index >= 15 is 0 Å². The van der Waals surface area contributed by atoms with Gasteiger partial charge in [0.05, 0.1) is 6.04 Å². The van der Waals surface area contributed by atoms with Crippen molar-refractivity contribution in [3.8, 4) is 0 Å². The lowest BCUT2D eigenvalue weighted by molar-refractivity contribution is 0.199. The van der Waals surface area contributed by atoms with E-state index in [9.17, 15) is 0 Å². The van der Waals surface area contributed by atoms with Gasteiger partial charge in [0.15, 0.2) is 0 Å². The van der Waals surface area contributed by atoms with E-state index in [1.807, 2.05) is 0 Å². The molecule has 1 fully saturated rings. The van der Waals surface area contributed by atoms with Crippen LogP contribution in [0.3, 0.4) is 0 Å². The molecular weight excluding hydrogens is 344 g/mol. The first-order valence-electron chi connectivity index (χ1n) is 6.71. The molecule has 2 heterocycles. The molecular formula is C14H22BrClN2S. The van der Waals surface area contributed by atoms with Crippen molar-refractivity contribution in [2.24, 2.45) is 17.1 Å². The maximum Gasteiger partial charge on any atom is 0.107 e. The van der Waals surface area contributed by atoms with Crippen LogP contribution in [0.1, 0.15) is 38.1 Å². The minimum Gasteiger partial charge on any atom is -0.329 e. The van der Waals surface area contributed by atoms with Gasteiger partial charge in [0, 0.05) is 22.4 Å². The summed E-state index contributed by atoms with van der Waals surface area (Å²) < 4.78 is 1.80. The molecule has 2 nitrogen and oxygen atoms in total. The van der Waals surface area contributed by atoms with Crippen molar-refractivity contribution in [3.05, 3.63) is 19.8 Å². The predicted octanol–water partition coefficient (Wildman–Crippen LogP) is 4.53. The van der Waals surface area contributed by atoms with Gasteiger partial charge in [-0.15, -0.1) is 11.3 Å². The molecule has 0 spiro atoms. The van der Waals surface area contributed by atoms with Crippen LogP contribution in [-0.4, -0.2) is 24.5 Å². The summed E-state index contributed by atoms with van der Waals surface area (Å²) >= 11 is 11.3. The van der Waals surface area contributed by atoms with E-state index in [1.165, 1.54) is 11.3 Å². The molecule has 0 radical (unpaired) electrons. The Morgan fingerprint density at radius 2 is 2.26 bits per heavy atom. The van der Waals surface area contributed by atoms with Gasteiger partial charge in [-0.2, -0.15) is 0 Å². The molecule has 108 valence electrons. The quantitative estimate of drug-likeness (QED) is 0.852. The highest BCUT2D eigenvalue weighted by Crippen LogP contribution is 2.41. The number of thiophene rings is 1. The van der Waals surface area contributed by atoms with E-state index in [-0.39, 0.29) is 0 Å². The first-order chi connectivity index (χ1) is 8.82. The smallest absolute Gasteiger partial charge is 0.107 e. The van der Waals surface area contributed by atoms with E-state index in [4.69, 9.17) is 17.3 Å². The van der Waals surface area contributed by atoms with Crippen LogP contribution in [0.15, 0.2) is 10.5 Å². The maximum atomic E-state index is 6.15. The van der Waals surface area contributed by atoms with Gasteiger partial charge in [0.25, 0.3) is 0 Å². The molecule has 19 heavy (non-hydrogen) atoms. The molecule has 0 aromatic carbocycles. The molecule has 2 rings (SSSR count). The van der Waals surface area contributed by atoms with Crippen LogP contribution in [0.5, 0.6) is 0 Å². The van der Waals surface area contributed by atoms with Crippen molar-refractivity contribution in [1.82, 2.24) is 4.90 Å². The predicted molar refractivity (Wildman–Crippen MR) is 88.0 cm³/mol. The Kier molecular flexibility index (Phi) is 5.00. The molecule has 0 aliphatic carbocycles. The summed E-state index contributed by atoms with van der Waals surface area (Å²) in [6.45, 7) is 9.92. The van der Waals surface area contributed by atoms with E-state index in [0.717, 1.165) is 27.8 Å². The number of hydrogen-bond donors (Lipinski definition) is 1. The zero-order chi connectivity index (χ0) is 14.2. The van der Waals surface area contributed by atoms with Gasteiger partial charge in [-0.25, -0.2) is 0 Å². The largest absolute Gasteiger partial charge is 0.329 e. The molecule has 1 aliphatic heterocycles. The van der Waals surface area contributed by atoms with Crippen LogP contribution in [-0.2, 0) is 0 Å². The summed E-state index contributed by atoms with van der Waals surface area (Å²) in [6.07, 6.45) is 1.26. The molecule has 1 aromatic rings. The molecule has 1 saturated heterocycles. The molecule has 1 aliphatic rings. The average molecular weight is 366 g/mol. The third-order valence-electron chi connectivity index (χ3n) is 4.10. The standard InChI is InChI=1S/C14H22BrClN2S/c1-14(2,3)9-4-5-18(8-9)11(7-17)12-6-10(15)13(16)19-12/h6,9,11H,4-5,7-8,17H2,1-3H3. The summed E-state index contributed by atoms with van der Waals surface area (Å²) in [5, 5.41) is 0. The Bertz CT molecular complexity index is 422. The zero-order valence-corrected chi connectivity index (χ0v) is 14.9.